The zero-order valence-corrected chi connectivity index (χ0v) is 34.1. The quantitative estimate of drug-likeness (QED) is 0.0763. The van der Waals surface area contributed by atoms with E-state index in [4.69, 9.17) is 27.8 Å². The molecule has 4 heterocycles. The van der Waals surface area contributed by atoms with Crippen LogP contribution >= 0.6 is 0 Å². The van der Waals surface area contributed by atoms with Gasteiger partial charge in [0, 0.05) is 34.4 Å². The van der Waals surface area contributed by atoms with Gasteiger partial charge in [-0.05, 0) is 84.9 Å². The highest BCUT2D eigenvalue weighted by Gasteiger charge is 2.12. The van der Waals surface area contributed by atoms with Gasteiger partial charge in [0.05, 0.1) is 62.7 Å². The third-order valence-corrected chi connectivity index (χ3v) is 10.1. The van der Waals surface area contributed by atoms with Gasteiger partial charge in [-0.2, -0.15) is 0 Å². The molecule has 0 radical (unpaired) electrons. The molecule has 0 saturated carbocycles. The molecule has 0 amide bonds. The molecule has 9 aromatic rings. The predicted molar refractivity (Wildman–Crippen MR) is 233 cm³/mol. The first-order valence-electron chi connectivity index (χ1n) is 20.3. The first kappa shape index (κ1) is 41.5. The smallest absolute Gasteiger partial charge is 0.193 e. The number of hydrogen-bond donors (Lipinski definition) is 0. The van der Waals surface area contributed by atoms with Crippen LogP contribution in [0.5, 0.6) is 11.5 Å². The largest absolute Gasteiger partial charge is 0.491 e. The molecule has 64 heavy (non-hydrogen) atoms. The van der Waals surface area contributed by atoms with Gasteiger partial charge in [-0.3, -0.25) is 9.59 Å². The monoisotopic (exact) mass is 864 g/mol. The van der Waals surface area contributed by atoms with Crippen LogP contribution in [0.25, 0.3) is 67.1 Å². The molecule has 0 aliphatic rings. The first-order chi connectivity index (χ1) is 31.3. The number of nitrogens with zero attached hydrogens (tertiary/aromatic N) is 6. The maximum atomic E-state index is 13.5. The van der Waals surface area contributed by atoms with E-state index in [-0.39, 0.29) is 21.6 Å². The van der Waals surface area contributed by atoms with Crippen LogP contribution in [0.15, 0.2) is 152 Å². The molecule has 0 saturated heterocycles. The fraction of sp³-hybridized carbons (Fsp3) is 0.167. The maximum absolute atomic E-state index is 13.5. The van der Waals surface area contributed by atoms with Crippen LogP contribution in [0.1, 0.15) is 0 Å². The van der Waals surface area contributed by atoms with Crippen molar-refractivity contribution in [2.24, 2.45) is 0 Å². The van der Waals surface area contributed by atoms with Crippen LogP contribution in [0.4, 0.5) is 8.78 Å². The highest BCUT2D eigenvalue weighted by Crippen LogP contribution is 2.27. The lowest BCUT2D eigenvalue weighted by Gasteiger charge is -2.08. The van der Waals surface area contributed by atoms with Crippen molar-refractivity contribution in [2.75, 3.05) is 39.6 Å². The average Bonchev–Trinajstić information content (AvgIpc) is 4.00. The fourth-order valence-corrected chi connectivity index (χ4v) is 6.82. The second-order valence-corrected chi connectivity index (χ2v) is 14.5. The number of halogens is 2. The molecule has 9 rings (SSSR count). The molecule has 5 aromatic carbocycles. The Morgan fingerprint density at radius 2 is 0.875 bits per heavy atom. The molecule has 16 heteroatoms. The average molecular weight is 865 g/mol. The van der Waals surface area contributed by atoms with Gasteiger partial charge in [0.15, 0.2) is 10.9 Å². The van der Waals surface area contributed by atoms with E-state index in [2.05, 4.69) is 20.6 Å². The number of aromatic nitrogens is 6. The molecular weight excluding hydrogens is 827 g/mol. The van der Waals surface area contributed by atoms with Crippen molar-refractivity contribution in [2.45, 2.75) is 13.1 Å². The van der Waals surface area contributed by atoms with E-state index in [1.54, 1.807) is 57.9 Å². The van der Waals surface area contributed by atoms with Crippen molar-refractivity contribution < 1.29 is 36.6 Å². The van der Waals surface area contributed by atoms with Gasteiger partial charge < -0.3 is 27.8 Å². The van der Waals surface area contributed by atoms with Crippen molar-refractivity contribution in [3.05, 3.63) is 166 Å². The van der Waals surface area contributed by atoms with Gasteiger partial charge in [0.2, 0.25) is 0 Å². The summed E-state index contributed by atoms with van der Waals surface area (Å²) in [5, 5.41) is 17.5. The Labute approximate surface area is 362 Å². The number of ether oxygens (including phenoxy) is 4. The molecule has 0 aliphatic carbocycles. The summed E-state index contributed by atoms with van der Waals surface area (Å²) >= 11 is 0. The number of rotatable bonds is 18. The number of hydrogen-bond acceptors (Lipinski definition) is 12. The SMILES string of the molecule is O=c1cc(-c2ccc(OCCOCCn3cc(-c4ccc(-c5cn(CCOCCOc6ccc(-c7cc(=O)c8cc(F)ccc8o7)cc6)nn5)cc4)nn3)cc2)oc2ccc(F)cc12. The van der Waals surface area contributed by atoms with Crippen molar-refractivity contribution in [1.82, 2.24) is 30.0 Å². The van der Waals surface area contributed by atoms with E-state index in [0.29, 0.717) is 98.0 Å². The topological polar surface area (TPSA) is 159 Å². The fourth-order valence-electron chi connectivity index (χ4n) is 6.82. The molecular formula is C48H38F2N6O8. The van der Waals surface area contributed by atoms with E-state index in [9.17, 15) is 18.4 Å². The standard InChI is InChI=1S/C48H38F2N6O8/c49-35-9-15-45-39(25-35)43(57)27-47(63-45)33-5-11-37(12-6-33)61-23-21-59-19-17-55-29-41(51-53-55)31-1-2-32(4-3-31)42-30-56(54-52-42)18-20-60-22-24-62-38-13-7-34(8-14-38)48-28-44(58)40-26-36(50)10-16-46(40)64-48/h1-16,25-30H,17-24H2. The van der Waals surface area contributed by atoms with Gasteiger partial charge in [0.1, 0.15) is 70.4 Å². The third kappa shape index (κ3) is 9.94. The van der Waals surface area contributed by atoms with Crippen molar-refractivity contribution in [3.8, 4) is 56.7 Å². The summed E-state index contributed by atoms with van der Waals surface area (Å²) in [6.07, 6.45) is 3.73. The minimum Gasteiger partial charge on any atom is -0.491 e. The van der Waals surface area contributed by atoms with Crippen LogP contribution in [0, 0.1) is 11.6 Å². The summed E-state index contributed by atoms with van der Waals surface area (Å²) in [5.74, 6) is 1.07. The Bertz CT molecular complexity index is 2940. The van der Waals surface area contributed by atoms with Crippen LogP contribution in [-0.4, -0.2) is 69.6 Å². The van der Waals surface area contributed by atoms with Gasteiger partial charge in [-0.15, -0.1) is 10.2 Å². The number of fused-ring (bicyclic) bond motifs is 2. The maximum Gasteiger partial charge on any atom is 0.193 e. The zero-order valence-electron chi connectivity index (χ0n) is 34.1. The zero-order chi connectivity index (χ0) is 43.8. The van der Waals surface area contributed by atoms with E-state index >= 15 is 0 Å². The summed E-state index contributed by atoms with van der Waals surface area (Å²) in [5.41, 5.74) is 4.68. The molecule has 4 aromatic heterocycles. The normalized spacial score (nSPS) is 11.4. The molecule has 0 aliphatic heterocycles. The Morgan fingerprint density at radius 3 is 1.30 bits per heavy atom. The lowest BCUT2D eigenvalue weighted by Crippen LogP contribution is -2.11. The van der Waals surface area contributed by atoms with Crippen molar-refractivity contribution >= 4 is 21.9 Å². The van der Waals surface area contributed by atoms with E-state index in [0.717, 1.165) is 22.5 Å². The predicted octanol–water partition coefficient (Wildman–Crippen LogP) is 8.22. The van der Waals surface area contributed by atoms with Gasteiger partial charge >= 0.3 is 0 Å². The molecule has 0 fully saturated rings. The van der Waals surface area contributed by atoms with Crippen LogP contribution in [0.2, 0.25) is 0 Å². The lowest BCUT2D eigenvalue weighted by atomic mass is 10.1. The first-order valence-corrected chi connectivity index (χ1v) is 20.3. The Kier molecular flexibility index (Phi) is 12.4. The van der Waals surface area contributed by atoms with E-state index in [1.165, 1.54) is 48.5 Å². The highest BCUT2D eigenvalue weighted by atomic mass is 19.1. The van der Waals surface area contributed by atoms with Crippen LogP contribution in [0.3, 0.4) is 0 Å². The van der Waals surface area contributed by atoms with E-state index < -0.39 is 11.6 Å². The molecule has 14 nitrogen and oxygen atoms in total. The molecule has 0 spiro atoms. The summed E-state index contributed by atoms with van der Waals surface area (Å²) in [6.45, 7) is 3.29. The minimum absolute atomic E-state index is 0.197. The Morgan fingerprint density at radius 1 is 0.469 bits per heavy atom. The minimum atomic E-state index is -0.491. The highest BCUT2D eigenvalue weighted by molar-refractivity contribution is 5.79. The summed E-state index contributed by atoms with van der Waals surface area (Å²) in [6, 6.07) is 32.6. The van der Waals surface area contributed by atoms with Gasteiger partial charge in [-0.1, -0.05) is 34.7 Å². The van der Waals surface area contributed by atoms with Gasteiger partial charge in [0.25, 0.3) is 0 Å². The third-order valence-electron chi connectivity index (χ3n) is 10.1. The molecule has 0 unspecified atom stereocenters. The number of benzene rings is 5. The summed E-state index contributed by atoms with van der Waals surface area (Å²) in [7, 11) is 0. The Balaban J connectivity index is 0.659. The summed E-state index contributed by atoms with van der Waals surface area (Å²) in [4.78, 5) is 24.9. The van der Waals surface area contributed by atoms with Crippen LogP contribution < -0.4 is 20.3 Å². The van der Waals surface area contributed by atoms with Gasteiger partial charge in [-0.25, -0.2) is 18.1 Å². The van der Waals surface area contributed by atoms with Crippen LogP contribution in [-0.2, 0) is 22.6 Å². The van der Waals surface area contributed by atoms with Crippen molar-refractivity contribution in [1.29, 1.82) is 0 Å². The second-order valence-electron chi connectivity index (χ2n) is 14.5. The molecule has 322 valence electrons. The molecule has 0 bridgehead atoms. The molecule has 0 atom stereocenters. The second kappa shape index (κ2) is 19.1. The molecule has 0 N–H and O–H groups in total. The van der Waals surface area contributed by atoms with Crippen molar-refractivity contribution in [3.63, 3.8) is 0 Å². The summed E-state index contributed by atoms with van der Waals surface area (Å²) < 4.78 is 65.2. The Hall–Kier alpha value is -7.82. The van der Waals surface area contributed by atoms with E-state index in [1.807, 2.05) is 36.7 Å². The lowest BCUT2D eigenvalue weighted by molar-refractivity contribution is 0.0923.